The number of rotatable bonds is 6. The van der Waals surface area contributed by atoms with Crippen LogP contribution in [0, 0.1) is 12.8 Å². The Morgan fingerprint density at radius 3 is 2.33 bits per heavy atom. The Balaban J connectivity index is 1.47. The van der Waals surface area contributed by atoms with Crippen molar-refractivity contribution in [2.24, 2.45) is 5.92 Å². The lowest BCUT2D eigenvalue weighted by atomic mass is 9.98. The Morgan fingerprint density at radius 1 is 1.04 bits per heavy atom. The van der Waals surface area contributed by atoms with Gasteiger partial charge < -0.3 is 5.32 Å². The van der Waals surface area contributed by atoms with Crippen molar-refractivity contribution in [2.45, 2.75) is 31.1 Å². The van der Waals surface area contributed by atoms with E-state index in [-0.39, 0.29) is 5.91 Å². The molecule has 1 saturated heterocycles. The summed E-state index contributed by atoms with van der Waals surface area (Å²) in [4.78, 5) is 12.5. The summed E-state index contributed by atoms with van der Waals surface area (Å²) in [5, 5.41) is 3.01. The molecule has 0 bridgehead atoms. The fourth-order valence-electron chi connectivity index (χ4n) is 3.40. The number of piperidine rings is 1. The van der Waals surface area contributed by atoms with E-state index < -0.39 is 10.0 Å². The van der Waals surface area contributed by atoms with Crippen LogP contribution in [0.25, 0.3) is 0 Å². The average Bonchev–Trinajstić information content (AvgIpc) is 2.69. The first-order valence-electron chi connectivity index (χ1n) is 9.33. The molecule has 6 heteroatoms. The Morgan fingerprint density at radius 2 is 1.67 bits per heavy atom. The van der Waals surface area contributed by atoms with Gasteiger partial charge in [-0.2, -0.15) is 4.31 Å². The lowest BCUT2D eigenvalue weighted by molar-refractivity contribution is -0.120. The minimum atomic E-state index is -3.42. The van der Waals surface area contributed by atoms with Gasteiger partial charge in [-0.1, -0.05) is 42.5 Å². The van der Waals surface area contributed by atoms with Crippen LogP contribution >= 0.6 is 0 Å². The minimum absolute atomic E-state index is 0.0173. The summed E-state index contributed by atoms with van der Waals surface area (Å²) in [5.74, 6) is 0.330. The largest absolute Gasteiger partial charge is 0.356 e. The summed E-state index contributed by atoms with van der Waals surface area (Å²) < 4.78 is 26.9. The molecule has 1 amide bonds. The van der Waals surface area contributed by atoms with Crippen LogP contribution < -0.4 is 5.32 Å². The maximum Gasteiger partial charge on any atom is 0.243 e. The molecule has 1 aliphatic rings. The van der Waals surface area contributed by atoms with Crippen molar-refractivity contribution < 1.29 is 13.2 Å². The highest BCUT2D eigenvalue weighted by atomic mass is 32.2. The molecule has 3 rings (SSSR count). The van der Waals surface area contributed by atoms with Crippen LogP contribution in [0.5, 0.6) is 0 Å². The van der Waals surface area contributed by atoms with Crippen LogP contribution in [-0.2, 0) is 21.2 Å². The van der Waals surface area contributed by atoms with E-state index >= 15 is 0 Å². The zero-order chi connectivity index (χ0) is 19.3. The highest BCUT2D eigenvalue weighted by molar-refractivity contribution is 7.89. The maximum atomic E-state index is 12.7. The summed E-state index contributed by atoms with van der Waals surface area (Å²) in [7, 11) is -3.42. The van der Waals surface area contributed by atoms with E-state index in [0.717, 1.165) is 24.0 Å². The topological polar surface area (TPSA) is 66.5 Å². The van der Waals surface area contributed by atoms with Gasteiger partial charge in [0.15, 0.2) is 0 Å². The standard InChI is InChI=1S/C21H26N2O3S/c1-17-7-5-6-8-19(17)15-21(24)22-16-18-11-13-23(14-12-18)27(25,26)20-9-3-2-4-10-20/h2-10,18H,11-16H2,1H3,(H,22,24). The zero-order valence-electron chi connectivity index (χ0n) is 15.6. The lowest BCUT2D eigenvalue weighted by Gasteiger charge is -2.31. The highest BCUT2D eigenvalue weighted by Crippen LogP contribution is 2.23. The van der Waals surface area contributed by atoms with Gasteiger partial charge in [0.05, 0.1) is 11.3 Å². The number of aryl methyl sites for hydroxylation is 1. The number of amides is 1. The molecule has 1 heterocycles. The van der Waals surface area contributed by atoms with Crippen LogP contribution in [0.3, 0.4) is 0 Å². The number of benzene rings is 2. The molecule has 0 unspecified atom stereocenters. The molecule has 0 radical (unpaired) electrons. The zero-order valence-corrected chi connectivity index (χ0v) is 16.4. The molecule has 0 saturated carbocycles. The number of carbonyl (C=O) groups excluding carboxylic acids is 1. The summed E-state index contributed by atoms with van der Waals surface area (Å²) in [6.45, 7) is 3.60. The molecule has 2 aromatic rings. The Labute approximate surface area is 161 Å². The Bertz CT molecular complexity index is 873. The van der Waals surface area contributed by atoms with Crippen molar-refractivity contribution in [3.8, 4) is 0 Å². The van der Waals surface area contributed by atoms with Gasteiger partial charge >= 0.3 is 0 Å². The summed E-state index contributed by atoms with van der Waals surface area (Å²) >= 11 is 0. The third kappa shape index (κ3) is 4.96. The third-order valence-electron chi connectivity index (χ3n) is 5.15. The molecule has 1 N–H and O–H groups in total. The predicted octanol–water partition coefficient (Wildman–Crippen LogP) is 2.75. The monoisotopic (exact) mass is 386 g/mol. The Hall–Kier alpha value is -2.18. The normalized spacial score (nSPS) is 16.2. The van der Waals surface area contributed by atoms with Gasteiger partial charge in [-0.3, -0.25) is 4.79 Å². The van der Waals surface area contributed by atoms with Crippen molar-refractivity contribution in [1.29, 1.82) is 0 Å². The number of nitrogens with zero attached hydrogens (tertiary/aromatic N) is 1. The average molecular weight is 387 g/mol. The molecule has 0 aliphatic carbocycles. The van der Waals surface area contributed by atoms with Crippen molar-refractivity contribution in [3.63, 3.8) is 0 Å². The van der Waals surface area contributed by atoms with Crippen LogP contribution in [0.4, 0.5) is 0 Å². The first-order valence-corrected chi connectivity index (χ1v) is 10.8. The fourth-order valence-corrected chi connectivity index (χ4v) is 4.89. The van der Waals surface area contributed by atoms with Gasteiger partial charge in [0.2, 0.25) is 15.9 Å². The molecule has 27 heavy (non-hydrogen) atoms. The number of carbonyl (C=O) groups is 1. The maximum absolute atomic E-state index is 12.7. The van der Waals surface area contributed by atoms with E-state index in [1.807, 2.05) is 37.3 Å². The van der Waals surface area contributed by atoms with E-state index in [0.29, 0.717) is 36.9 Å². The van der Waals surface area contributed by atoms with Crippen molar-refractivity contribution in [2.75, 3.05) is 19.6 Å². The van der Waals surface area contributed by atoms with E-state index in [4.69, 9.17) is 0 Å². The first kappa shape index (κ1) is 19.6. The number of nitrogens with one attached hydrogen (secondary N) is 1. The van der Waals surface area contributed by atoms with Gasteiger partial charge in [-0.15, -0.1) is 0 Å². The van der Waals surface area contributed by atoms with Crippen molar-refractivity contribution in [3.05, 3.63) is 65.7 Å². The van der Waals surface area contributed by atoms with Crippen molar-refractivity contribution >= 4 is 15.9 Å². The van der Waals surface area contributed by atoms with Gasteiger partial charge in [-0.25, -0.2) is 8.42 Å². The van der Waals surface area contributed by atoms with Gasteiger partial charge in [0.1, 0.15) is 0 Å². The van der Waals surface area contributed by atoms with E-state index in [1.165, 1.54) is 0 Å². The second-order valence-electron chi connectivity index (χ2n) is 7.07. The van der Waals surface area contributed by atoms with Crippen LogP contribution in [-0.4, -0.2) is 38.3 Å². The number of sulfonamides is 1. The van der Waals surface area contributed by atoms with Gasteiger partial charge in [0, 0.05) is 19.6 Å². The molecule has 1 aliphatic heterocycles. The lowest BCUT2D eigenvalue weighted by Crippen LogP contribution is -2.41. The second-order valence-corrected chi connectivity index (χ2v) is 9.01. The molecule has 0 atom stereocenters. The van der Waals surface area contributed by atoms with Crippen LogP contribution in [0.2, 0.25) is 0 Å². The molecular formula is C21H26N2O3S. The fraction of sp³-hybridized carbons (Fsp3) is 0.381. The summed E-state index contributed by atoms with van der Waals surface area (Å²) in [5.41, 5.74) is 2.16. The quantitative estimate of drug-likeness (QED) is 0.830. The molecule has 1 fully saturated rings. The smallest absolute Gasteiger partial charge is 0.243 e. The summed E-state index contributed by atoms with van der Waals surface area (Å²) in [6, 6.07) is 16.4. The van der Waals surface area contributed by atoms with Gasteiger partial charge in [-0.05, 0) is 48.9 Å². The predicted molar refractivity (Wildman–Crippen MR) is 106 cm³/mol. The first-order chi connectivity index (χ1) is 13.0. The molecule has 0 spiro atoms. The second kappa shape index (κ2) is 8.67. The van der Waals surface area contributed by atoms with E-state index in [1.54, 1.807) is 28.6 Å². The van der Waals surface area contributed by atoms with Crippen LogP contribution in [0.1, 0.15) is 24.0 Å². The molecule has 144 valence electrons. The van der Waals surface area contributed by atoms with E-state index in [9.17, 15) is 13.2 Å². The van der Waals surface area contributed by atoms with Crippen LogP contribution in [0.15, 0.2) is 59.5 Å². The highest BCUT2D eigenvalue weighted by Gasteiger charge is 2.29. The number of hydrogen-bond acceptors (Lipinski definition) is 3. The van der Waals surface area contributed by atoms with Gasteiger partial charge in [0.25, 0.3) is 0 Å². The van der Waals surface area contributed by atoms with Crippen molar-refractivity contribution in [1.82, 2.24) is 9.62 Å². The summed E-state index contributed by atoms with van der Waals surface area (Å²) in [6.07, 6.45) is 1.90. The molecule has 0 aromatic heterocycles. The SMILES string of the molecule is Cc1ccccc1CC(=O)NCC1CCN(S(=O)(=O)c2ccccc2)CC1. The van der Waals surface area contributed by atoms with E-state index in [2.05, 4.69) is 5.32 Å². The Kier molecular flexibility index (Phi) is 6.29. The molecule has 5 nitrogen and oxygen atoms in total. The molecule has 2 aromatic carbocycles. The number of hydrogen-bond donors (Lipinski definition) is 1. The minimum Gasteiger partial charge on any atom is -0.356 e. The third-order valence-corrected chi connectivity index (χ3v) is 7.07. The molecular weight excluding hydrogens is 360 g/mol.